The Labute approximate surface area is 212 Å². The molecule has 1 heterocycles. The molecule has 12 heteroatoms. The first kappa shape index (κ1) is 25.1. The smallest absolute Gasteiger partial charge is 0.338 e. The fourth-order valence-electron chi connectivity index (χ4n) is 2.67. The summed E-state index contributed by atoms with van der Waals surface area (Å²) < 4.78 is 0. The molecule has 3 N–H and O–H groups in total. The van der Waals surface area contributed by atoms with Crippen LogP contribution in [0.25, 0.3) is 0 Å². The van der Waals surface area contributed by atoms with Gasteiger partial charge in [-0.05, 0) is 30.3 Å². The van der Waals surface area contributed by atoms with E-state index in [1.807, 2.05) is 0 Å². The minimum atomic E-state index is -1.49. The number of aromatic nitrogens is 1. The van der Waals surface area contributed by atoms with Gasteiger partial charge in [0.2, 0.25) is 5.91 Å². The molecule has 0 unspecified atom stereocenters. The van der Waals surface area contributed by atoms with Crippen molar-refractivity contribution in [3.63, 3.8) is 0 Å². The predicted octanol–water partition coefficient (Wildman–Crippen LogP) is 6.38. The zero-order valence-corrected chi connectivity index (χ0v) is 20.2. The monoisotopic (exact) mass is 543 g/mol. The first-order valence-electron chi connectivity index (χ1n) is 9.03. The van der Waals surface area contributed by atoms with Gasteiger partial charge in [-0.3, -0.25) is 9.59 Å². The van der Waals surface area contributed by atoms with Crippen LogP contribution in [-0.2, 0) is 4.79 Å². The Bertz CT molecular complexity index is 1240. The van der Waals surface area contributed by atoms with Crippen LogP contribution < -0.4 is 10.6 Å². The number of aromatic carboxylic acids is 1. The second kappa shape index (κ2) is 11.1. The maximum Gasteiger partial charge on any atom is 0.338 e. The summed E-state index contributed by atoms with van der Waals surface area (Å²) in [5, 5.41) is 13.5. The molecule has 7 nitrogen and oxygen atoms in total. The SMILES string of the molecule is O=C(CSc1cccc(NC(=O)c2c(Cl)c(Cl)c(Cl)c(Cl)c2C(=O)O)c1)Nc1ccccn1. The van der Waals surface area contributed by atoms with E-state index in [4.69, 9.17) is 46.4 Å². The summed E-state index contributed by atoms with van der Waals surface area (Å²) in [6.07, 6.45) is 1.57. The highest BCUT2D eigenvalue weighted by Crippen LogP contribution is 2.41. The predicted molar refractivity (Wildman–Crippen MR) is 131 cm³/mol. The lowest BCUT2D eigenvalue weighted by Crippen LogP contribution is -2.18. The summed E-state index contributed by atoms with van der Waals surface area (Å²) in [6.45, 7) is 0. The second-order valence-electron chi connectivity index (χ2n) is 6.34. The van der Waals surface area contributed by atoms with Crippen LogP contribution >= 0.6 is 58.2 Å². The van der Waals surface area contributed by atoms with Crippen molar-refractivity contribution in [2.75, 3.05) is 16.4 Å². The third-order valence-corrected chi connectivity index (χ3v) is 6.90. The third kappa shape index (κ3) is 6.10. The highest BCUT2D eigenvalue weighted by Gasteiger charge is 2.29. The summed E-state index contributed by atoms with van der Waals surface area (Å²) >= 11 is 25.2. The van der Waals surface area contributed by atoms with Crippen LogP contribution in [0.2, 0.25) is 20.1 Å². The summed E-state index contributed by atoms with van der Waals surface area (Å²) in [4.78, 5) is 41.4. The molecule has 33 heavy (non-hydrogen) atoms. The van der Waals surface area contributed by atoms with Crippen molar-refractivity contribution in [1.29, 1.82) is 0 Å². The van der Waals surface area contributed by atoms with E-state index < -0.39 is 28.0 Å². The fourth-order valence-corrected chi connectivity index (χ4v) is 4.44. The molecule has 2 aromatic carbocycles. The zero-order valence-electron chi connectivity index (χ0n) is 16.4. The Balaban J connectivity index is 1.75. The van der Waals surface area contributed by atoms with Crippen LogP contribution in [0.4, 0.5) is 11.5 Å². The minimum Gasteiger partial charge on any atom is -0.478 e. The zero-order chi connectivity index (χ0) is 24.1. The second-order valence-corrected chi connectivity index (χ2v) is 8.91. The number of anilines is 2. The van der Waals surface area contributed by atoms with Crippen molar-refractivity contribution in [2.24, 2.45) is 0 Å². The van der Waals surface area contributed by atoms with E-state index in [2.05, 4.69) is 15.6 Å². The average molecular weight is 545 g/mol. The lowest BCUT2D eigenvalue weighted by molar-refractivity contribution is -0.113. The van der Waals surface area contributed by atoms with E-state index in [1.165, 1.54) is 11.8 Å². The Hall–Kier alpha value is -2.49. The number of carboxylic acids is 1. The van der Waals surface area contributed by atoms with Gasteiger partial charge in [-0.2, -0.15) is 0 Å². The largest absolute Gasteiger partial charge is 0.478 e. The Morgan fingerprint density at radius 2 is 1.58 bits per heavy atom. The molecular weight excluding hydrogens is 532 g/mol. The first-order valence-corrected chi connectivity index (χ1v) is 11.5. The maximum absolute atomic E-state index is 12.9. The topological polar surface area (TPSA) is 108 Å². The molecule has 0 saturated heterocycles. The van der Waals surface area contributed by atoms with Crippen molar-refractivity contribution in [3.8, 4) is 0 Å². The summed E-state index contributed by atoms with van der Waals surface area (Å²) in [7, 11) is 0. The molecule has 3 aromatic rings. The molecule has 1 aromatic heterocycles. The average Bonchev–Trinajstić information content (AvgIpc) is 2.79. The first-order chi connectivity index (χ1) is 15.7. The van der Waals surface area contributed by atoms with Gasteiger partial charge in [0.15, 0.2) is 0 Å². The van der Waals surface area contributed by atoms with Crippen molar-refractivity contribution >= 4 is 87.5 Å². The number of carboxylic acid groups (broad SMARTS) is 1. The van der Waals surface area contributed by atoms with Crippen LogP contribution in [0.15, 0.2) is 53.6 Å². The van der Waals surface area contributed by atoms with Crippen LogP contribution in [0.5, 0.6) is 0 Å². The molecule has 2 amide bonds. The number of rotatable bonds is 7. The fraction of sp³-hybridized carbons (Fsp3) is 0.0476. The Morgan fingerprint density at radius 1 is 0.879 bits per heavy atom. The van der Waals surface area contributed by atoms with Gasteiger partial charge in [0.25, 0.3) is 5.91 Å². The van der Waals surface area contributed by atoms with E-state index in [0.717, 1.165) is 0 Å². The van der Waals surface area contributed by atoms with Crippen LogP contribution in [-0.4, -0.2) is 33.6 Å². The number of nitrogens with one attached hydrogen (secondary N) is 2. The number of amides is 2. The van der Waals surface area contributed by atoms with Gasteiger partial charge in [-0.15, -0.1) is 11.8 Å². The Morgan fingerprint density at radius 3 is 2.21 bits per heavy atom. The molecule has 0 aliphatic heterocycles. The van der Waals surface area contributed by atoms with Crippen molar-refractivity contribution < 1.29 is 19.5 Å². The summed E-state index contributed by atoms with van der Waals surface area (Å²) in [5.41, 5.74) is -0.647. The molecule has 0 spiro atoms. The van der Waals surface area contributed by atoms with E-state index in [-0.39, 0.29) is 26.7 Å². The number of hydrogen-bond donors (Lipinski definition) is 3. The lowest BCUT2D eigenvalue weighted by atomic mass is 10.1. The lowest BCUT2D eigenvalue weighted by Gasteiger charge is -2.14. The molecule has 0 fully saturated rings. The van der Waals surface area contributed by atoms with Gasteiger partial charge in [0, 0.05) is 16.8 Å². The Kier molecular flexibility index (Phi) is 8.45. The highest BCUT2D eigenvalue weighted by molar-refractivity contribution is 8.00. The minimum absolute atomic E-state index is 0.103. The van der Waals surface area contributed by atoms with Crippen molar-refractivity contribution in [1.82, 2.24) is 4.98 Å². The molecule has 0 aliphatic rings. The van der Waals surface area contributed by atoms with Gasteiger partial charge in [0.1, 0.15) is 5.82 Å². The molecule has 0 saturated carbocycles. The molecule has 0 atom stereocenters. The van der Waals surface area contributed by atoms with Gasteiger partial charge in [-0.1, -0.05) is 58.5 Å². The van der Waals surface area contributed by atoms with Gasteiger partial charge < -0.3 is 15.7 Å². The van der Waals surface area contributed by atoms with E-state index in [0.29, 0.717) is 16.4 Å². The molecular formula is C21H13Cl4N3O4S. The number of halogens is 4. The maximum atomic E-state index is 12.9. The van der Waals surface area contributed by atoms with Gasteiger partial charge in [-0.25, -0.2) is 9.78 Å². The van der Waals surface area contributed by atoms with E-state index in [1.54, 1.807) is 48.7 Å². The number of nitrogens with zero attached hydrogens (tertiary/aromatic N) is 1. The van der Waals surface area contributed by atoms with Gasteiger partial charge >= 0.3 is 5.97 Å². The summed E-state index contributed by atoms with van der Waals surface area (Å²) in [6, 6.07) is 11.8. The third-order valence-electron chi connectivity index (χ3n) is 4.10. The molecule has 0 aliphatic carbocycles. The number of thioether (sulfide) groups is 1. The normalized spacial score (nSPS) is 10.5. The van der Waals surface area contributed by atoms with Crippen molar-refractivity contribution in [2.45, 2.75) is 4.90 Å². The van der Waals surface area contributed by atoms with Crippen molar-refractivity contribution in [3.05, 3.63) is 79.9 Å². The number of pyridine rings is 1. The summed E-state index contributed by atoms with van der Waals surface area (Å²) in [5.74, 6) is -2.04. The van der Waals surface area contributed by atoms with E-state index >= 15 is 0 Å². The highest BCUT2D eigenvalue weighted by atomic mass is 35.5. The van der Waals surface area contributed by atoms with Crippen LogP contribution in [0, 0.1) is 0 Å². The number of carbonyl (C=O) groups excluding carboxylic acids is 2. The number of hydrogen-bond acceptors (Lipinski definition) is 5. The molecule has 3 rings (SSSR count). The van der Waals surface area contributed by atoms with Crippen LogP contribution in [0.1, 0.15) is 20.7 Å². The molecule has 170 valence electrons. The number of carbonyl (C=O) groups is 3. The standard InChI is InChI=1S/C21H13Cl4N3O4S/c22-16-14(15(21(31)32)17(23)19(25)18(16)24)20(30)27-10-4-3-5-11(8-10)33-9-13(29)28-12-6-1-2-7-26-12/h1-8H,9H2,(H,27,30)(H,31,32)(H,26,28,29). The van der Waals surface area contributed by atoms with E-state index in [9.17, 15) is 19.5 Å². The van der Waals surface area contributed by atoms with Gasteiger partial charge in [0.05, 0.1) is 37.0 Å². The quantitative estimate of drug-likeness (QED) is 0.181. The molecule has 0 bridgehead atoms. The molecule has 0 radical (unpaired) electrons. The van der Waals surface area contributed by atoms with Crippen LogP contribution in [0.3, 0.4) is 0 Å². The number of benzene rings is 2.